The molecule has 0 bridgehead atoms. The number of carbonyl (C=O) groups is 1. The zero-order chi connectivity index (χ0) is 18.7. The zero-order valence-electron chi connectivity index (χ0n) is 14.6. The fraction of sp³-hybridized carbons (Fsp3) is 0.150. The molecule has 0 aliphatic heterocycles. The molecule has 3 aromatic rings. The number of benzene rings is 3. The highest BCUT2D eigenvalue weighted by atomic mass is 32.2. The number of amides is 1. The fourth-order valence-electron chi connectivity index (χ4n) is 2.59. The predicted octanol–water partition coefficient (Wildman–Crippen LogP) is 3.45. The van der Waals surface area contributed by atoms with Crippen molar-refractivity contribution in [1.82, 2.24) is 4.72 Å². The van der Waals surface area contributed by atoms with Gasteiger partial charge < -0.3 is 5.32 Å². The molecule has 0 heterocycles. The number of nitrogens with one attached hydrogen (secondary N) is 2. The SMILES string of the molecule is Cc1ccc(S(=O)(=O)NC(C)C(=O)Nc2ccc3ccccc3c2)cc1. The molecule has 0 saturated carbocycles. The van der Waals surface area contributed by atoms with Crippen LogP contribution in [-0.4, -0.2) is 20.4 Å². The van der Waals surface area contributed by atoms with Gasteiger partial charge in [0.25, 0.3) is 0 Å². The Hall–Kier alpha value is -2.70. The second-order valence-corrected chi connectivity index (χ2v) is 7.92. The molecule has 0 fully saturated rings. The van der Waals surface area contributed by atoms with E-state index in [-0.39, 0.29) is 4.90 Å². The van der Waals surface area contributed by atoms with Crippen LogP contribution in [0.4, 0.5) is 5.69 Å². The quantitative estimate of drug-likeness (QED) is 0.724. The number of sulfonamides is 1. The van der Waals surface area contributed by atoms with Gasteiger partial charge in [-0.15, -0.1) is 0 Å². The van der Waals surface area contributed by atoms with Gasteiger partial charge in [0.05, 0.1) is 10.9 Å². The summed E-state index contributed by atoms with van der Waals surface area (Å²) in [5.74, 6) is -0.420. The van der Waals surface area contributed by atoms with Gasteiger partial charge in [0.15, 0.2) is 0 Å². The van der Waals surface area contributed by atoms with E-state index in [0.29, 0.717) is 5.69 Å². The van der Waals surface area contributed by atoms with E-state index in [1.807, 2.05) is 43.3 Å². The Morgan fingerprint density at radius 1 is 0.923 bits per heavy atom. The summed E-state index contributed by atoms with van der Waals surface area (Å²) < 4.78 is 27.2. The van der Waals surface area contributed by atoms with Crippen LogP contribution in [0.1, 0.15) is 12.5 Å². The number of fused-ring (bicyclic) bond motifs is 1. The third-order valence-electron chi connectivity index (χ3n) is 4.07. The molecule has 5 nitrogen and oxygen atoms in total. The van der Waals surface area contributed by atoms with E-state index in [0.717, 1.165) is 16.3 Å². The van der Waals surface area contributed by atoms with Crippen LogP contribution < -0.4 is 10.0 Å². The van der Waals surface area contributed by atoms with Crippen LogP contribution in [0, 0.1) is 6.92 Å². The van der Waals surface area contributed by atoms with E-state index in [2.05, 4.69) is 10.0 Å². The maximum Gasteiger partial charge on any atom is 0.242 e. The first kappa shape index (κ1) is 18.1. The molecule has 0 aliphatic rings. The molecule has 1 atom stereocenters. The van der Waals surface area contributed by atoms with Gasteiger partial charge >= 0.3 is 0 Å². The highest BCUT2D eigenvalue weighted by Gasteiger charge is 2.22. The minimum atomic E-state index is -3.76. The third-order valence-corrected chi connectivity index (χ3v) is 5.63. The van der Waals surface area contributed by atoms with Crippen LogP contribution in [0.25, 0.3) is 10.8 Å². The molecule has 0 aromatic heterocycles. The first-order chi connectivity index (χ1) is 12.3. The summed E-state index contributed by atoms with van der Waals surface area (Å²) in [6, 6.07) is 18.9. The van der Waals surface area contributed by atoms with Crippen molar-refractivity contribution in [3.05, 3.63) is 72.3 Å². The summed E-state index contributed by atoms with van der Waals surface area (Å²) in [5.41, 5.74) is 1.58. The molecule has 2 N–H and O–H groups in total. The Balaban J connectivity index is 1.71. The maximum atomic E-state index is 12.4. The number of hydrogen-bond acceptors (Lipinski definition) is 3. The van der Waals surface area contributed by atoms with E-state index >= 15 is 0 Å². The summed E-state index contributed by atoms with van der Waals surface area (Å²) in [4.78, 5) is 12.5. The van der Waals surface area contributed by atoms with Crippen molar-refractivity contribution in [2.45, 2.75) is 24.8 Å². The van der Waals surface area contributed by atoms with Crippen molar-refractivity contribution in [2.75, 3.05) is 5.32 Å². The lowest BCUT2D eigenvalue weighted by Crippen LogP contribution is -2.41. The number of hydrogen-bond donors (Lipinski definition) is 2. The smallest absolute Gasteiger partial charge is 0.242 e. The topological polar surface area (TPSA) is 75.3 Å². The zero-order valence-corrected chi connectivity index (χ0v) is 15.4. The molecule has 6 heteroatoms. The summed E-state index contributed by atoms with van der Waals surface area (Å²) in [6.45, 7) is 3.39. The minimum Gasteiger partial charge on any atom is -0.325 e. The number of rotatable bonds is 5. The van der Waals surface area contributed by atoms with Crippen LogP contribution in [0.2, 0.25) is 0 Å². The molecule has 26 heavy (non-hydrogen) atoms. The number of anilines is 1. The van der Waals surface area contributed by atoms with Gasteiger partial charge in [-0.05, 0) is 48.9 Å². The lowest BCUT2D eigenvalue weighted by atomic mass is 10.1. The molecule has 1 amide bonds. The van der Waals surface area contributed by atoms with E-state index in [1.54, 1.807) is 18.2 Å². The third kappa shape index (κ3) is 4.09. The Morgan fingerprint density at radius 2 is 1.58 bits per heavy atom. The van der Waals surface area contributed by atoms with E-state index in [9.17, 15) is 13.2 Å². The Labute approximate surface area is 153 Å². The highest BCUT2D eigenvalue weighted by molar-refractivity contribution is 7.89. The molecule has 0 spiro atoms. The van der Waals surface area contributed by atoms with Gasteiger partial charge in [-0.2, -0.15) is 4.72 Å². The Bertz CT molecular complexity index is 1040. The summed E-state index contributed by atoms with van der Waals surface area (Å²) >= 11 is 0. The molecule has 3 rings (SSSR count). The van der Waals surface area contributed by atoms with Gasteiger partial charge in [-0.25, -0.2) is 8.42 Å². The molecule has 0 saturated heterocycles. The monoisotopic (exact) mass is 368 g/mol. The van der Waals surface area contributed by atoms with Gasteiger partial charge in [0, 0.05) is 5.69 Å². The average Bonchev–Trinajstić information content (AvgIpc) is 2.61. The lowest BCUT2D eigenvalue weighted by molar-refractivity contribution is -0.117. The highest BCUT2D eigenvalue weighted by Crippen LogP contribution is 2.19. The van der Waals surface area contributed by atoms with Crippen LogP contribution >= 0.6 is 0 Å². The molecule has 1 unspecified atom stereocenters. The minimum absolute atomic E-state index is 0.133. The Kier molecular flexibility index (Phi) is 5.06. The normalized spacial score (nSPS) is 12.7. The summed E-state index contributed by atoms with van der Waals surface area (Å²) in [6.07, 6.45) is 0. The van der Waals surface area contributed by atoms with Crippen LogP contribution in [0.3, 0.4) is 0 Å². The van der Waals surface area contributed by atoms with Crippen molar-refractivity contribution in [3.63, 3.8) is 0 Å². The van der Waals surface area contributed by atoms with E-state index < -0.39 is 22.0 Å². The van der Waals surface area contributed by atoms with E-state index in [4.69, 9.17) is 0 Å². The first-order valence-corrected chi connectivity index (χ1v) is 9.72. The molecule has 134 valence electrons. The number of aryl methyl sites for hydroxylation is 1. The second kappa shape index (κ2) is 7.27. The van der Waals surface area contributed by atoms with Gasteiger partial charge in [-0.1, -0.05) is 48.0 Å². The van der Waals surface area contributed by atoms with Crippen LogP contribution in [0.5, 0.6) is 0 Å². The predicted molar refractivity (Wildman–Crippen MR) is 104 cm³/mol. The average molecular weight is 368 g/mol. The lowest BCUT2D eigenvalue weighted by Gasteiger charge is -2.15. The van der Waals surface area contributed by atoms with Crippen LogP contribution in [-0.2, 0) is 14.8 Å². The number of carbonyl (C=O) groups excluding carboxylic acids is 1. The van der Waals surface area contributed by atoms with Crippen LogP contribution in [0.15, 0.2) is 71.6 Å². The van der Waals surface area contributed by atoms with Crippen molar-refractivity contribution >= 4 is 32.4 Å². The Morgan fingerprint density at radius 3 is 2.27 bits per heavy atom. The van der Waals surface area contributed by atoms with Crippen molar-refractivity contribution in [1.29, 1.82) is 0 Å². The molecule has 0 radical (unpaired) electrons. The second-order valence-electron chi connectivity index (χ2n) is 6.21. The van der Waals surface area contributed by atoms with Crippen molar-refractivity contribution < 1.29 is 13.2 Å². The summed E-state index contributed by atoms with van der Waals surface area (Å²) in [5, 5.41) is 4.82. The standard InChI is InChI=1S/C20H20N2O3S/c1-14-7-11-19(12-8-14)26(24,25)22-15(2)20(23)21-18-10-9-16-5-3-4-6-17(16)13-18/h3-13,15,22H,1-2H3,(H,21,23). The molecule has 0 aliphatic carbocycles. The van der Waals surface area contributed by atoms with Gasteiger partial charge in [0.1, 0.15) is 0 Å². The van der Waals surface area contributed by atoms with Crippen molar-refractivity contribution in [2.24, 2.45) is 0 Å². The maximum absolute atomic E-state index is 12.4. The first-order valence-electron chi connectivity index (χ1n) is 8.24. The molecular weight excluding hydrogens is 348 g/mol. The van der Waals surface area contributed by atoms with Gasteiger partial charge in [-0.3, -0.25) is 4.79 Å². The van der Waals surface area contributed by atoms with Crippen molar-refractivity contribution in [3.8, 4) is 0 Å². The molecule has 3 aromatic carbocycles. The van der Waals surface area contributed by atoms with E-state index in [1.165, 1.54) is 19.1 Å². The molecular formula is C20H20N2O3S. The summed E-state index contributed by atoms with van der Waals surface area (Å²) in [7, 11) is -3.76. The largest absolute Gasteiger partial charge is 0.325 e. The van der Waals surface area contributed by atoms with Gasteiger partial charge in [0.2, 0.25) is 15.9 Å². The fourth-order valence-corrected chi connectivity index (χ4v) is 3.79.